The molecule has 1 aliphatic carbocycles. The quantitative estimate of drug-likeness (QED) is 0.704. The van der Waals surface area contributed by atoms with E-state index in [0.29, 0.717) is 36.5 Å². The van der Waals surface area contributed by atoms with Crippen molar-refractivity contribution in [2.45, 2.75) is 52.9 Å². The van der Waals surface area contributed by atoms with Crippen LogP contribution in [-0.2, 0) is 14.3 Å². The summed E-state index contributed by atoms with van der Waals surface area (Å²) < 4.78 is 11.1. The number of benzene rings is 1. The Morgan fingerprint density at radius 2 is 1.96 bits per heavy atom. The first kappa shape index (κ1) is 20.3. The summed E-state index contributed by atoms with van der Waals surface area (Å²) in [6, 6.07) is 7.59. The van der Waals surface area contributed by atoms with E-state index < -0.39 is 11.8 Å². The number of esters is 1. The molecular weight excluding hydrogens is 354 g/mol. The Morgan fingerprint density at radius 3 is 2.64 bits per heavy atom. The predicted octanol–water partition coefficient (Wildman–Crippen LogP) is 4.47. The van der Waals surface area contributed by atoms with E-state index in [1.54, 1.807) is 7.11 Å². The summed E-state index contributed by atoms with van der Waals surface area (Å²) in [5.74, 6) is -0.654. The van der Waals surface area contributed by atoms with E-state index in [2.05, 4.69) is 13.8 Å². The van der Waals surface area contributed by atoms with Crippen LogP contribution in [0.3, 0.4) is 0 Å². The van der Waals surface area contributed by atoms with Crippen LogP contribution in [0.1, 0.15) is 58.4 Å². The Bertz CT molecular complexity index is 850. The van der Waals surface area contributed by atoms with E-state index in [1.807, 2.05) is 38.1 Å². The number of hydrogen-bond donors (Lipinski definition) is 0. The molecule has 0 radical (unpaired) electrons. The van der Waals surface area contributed by atoms with E-state index in [-0.39, 0.29) is 17.2 Å². The van der Waals surface area contributed by atoms with Crippen molar-refractivity contribution in [2.75, 3.05) is 13.7 Å². The van der Waals surface area contributed by atoms with E-state index in [9.17, 15) is 9.59 Å². The highest BCUT2D eigenvalue weighted by molar-refractivity contribution is 6.09. The SMILES string of the molecule is CCCOC(=O)C1C(C)=NC2=C(C(=O)CC(C)(C)C2)[C@@H]1c1ccccc1OC. The van der Waals surface area contributed by atoms with E-state index in [0.717, 1.165) is 17.7 Å². The van der Waals surface area contributed by atoms with Gasteiger partial charge in [0.05, 0.1) is 13.7 Å². The number of carbonyl (C=O) groups excluding carboxylic acids is 2. The Labute approximate surface area is 166 Å². The Hall–Kier alpha value is -2.43. The Balaban J connectivity index is 2.17. The van der Waals surface area contributed by atoms with Crippen LogP contribution in [-0.4, -0.2) is 31.2 Å². The van der Waals surface area contributed by atoms with Crippen LogP contribution in [0.25, 0.3) is 0 Å². The molecule has 5 nitrogen and oxygen atoms in total. The molecule has 0 amide bonds. The topological polar surface area (TPSA) is 65.0 Å². The minimum atomic E-state index is -0.619. The second kappa shape index (κ2) is 7.90. The lowest BCUT2D eigenvalue weighted by Gasteiger charge is -2.39. The maximum atomic E-state index is 13.2. The van der Waals surface area contributed by atoms with Crippen molar-refractivity contribution in [1.29, 1.82) is 0 Å². The first-order valence-electron chi connectivity index (χ1n) is 9.90. The Kier molecular flexibility index (Phi) is 5.73. The number of Topliss-reactive ketones (excluding diaryl/α,β-unsaturated/α-hetero) is 1. The number of rotatable bonds is 5. The fourth-order valence-electron chi connectivity index (χ4n) is 4.30. The summed E-state index contributed by atoms with van der Waals surface area (Å²) in [4.78, 5) is 30.9. The molecule has 0 bridgehead atoms. The van der Waals surface area contributed by atoms with Crippen molar-refractivity contribution in [3.05, 3.63) is 41.1 Å². The maximum absolute atomic E-state index is 13.2. The average Bonchev–Trinajstić information content (AvgIpc) is 2.63. The standard InChI is InChI=1S/C23H29NO4/c1-6-11-28-22(26)19-14(2)24-16-12-23(3,4)13-17(25)21(16)20(19)15-9-7-8-10-18(15)27-5/h7-10,19-20H,6,11-13H2,1-5H3/t19?,20-/m1/s1. The highest BCUT2D eigenvalue weighted by Gasteiger charge is 2.46. The van der Waals surface area contributed by atoms with Gasteiger partial charge in [-0.1, -0.05) is 39.0 Å². The molecule has 0 spiro atoms. The molecule has 5 heteroatoms. The zero-order valence-electron chi connectivity index (χ0n) is 17.4. The number of methoxy groups -OCH3 is 1. The van der Waals surface area contributed by atoms with Gasteiger partial charge < -0.3 is 9.47 Å². The lowest BCUT2D eigenvalue weighted by atomic mass is 9.66. The molecule has 0 saturated carbocycles. The van der Waals surface area contributed by atoms with Crippen LogP contribution in [0.15, 0.2) is 40.5 Å². The van der Waals surface area contributed by atoms with E-state index in [1.165, 1.54) is 0 Å². The van der Waals surface area contributed by atoms with Gasteiger partial charge in [0.15, 0.2) is 5.78 Å². The van der Waals surface area contributed by atoms with Crippen LogP contribution in [0, 0.1) is 11.3 Å². The van der Waals surface area contributed by atoms with Crippen LogP contribution in [0.5, 0.6) is 5.75 Å². The van der Waals surface area contributed by atoms with Gasteiger partial charge in [0.25, 0.3) is 0 Å². The molecule has 0 aromatic heterocycles. The minimum Gasteiger partial charge on any atom is -0.496 e. The highest BCUT2D eigenvalue weighted by Crippen LogP contribution is 2.49. The second-order valence-electron chi connectivity index (χ2n) is 8.42. The third-order valence-electron chi connectivity index (χ3n) is 5.48. The molecule has 1 heterocycles. The largest absolute Gasteiger partial charge is 0.496 e. The molecule has 1 aliphatic heterocycles. The fraction of sp³-hybridized carbons (Fsp3) is 0.522. The molecule has 1 aromatic rings. The van der Waals surface area contributed by atoms with E-state index >= 15 is 0 Å². The summed E-state index contributed by atoms with van der Waals surface area (Å²) in [6.07, 6.45) is 1.91. The lowest BCUT2D eigenvalue weighted by Crippen LogP contribution is -2.39. The molecule has 0 saturated heterocycles. The third kappa shape index (κ3) is 3.75. The average molecular weight is 383 g/mol. The maximum Gasteiger partial charge on any atom is 0.315 e. The number of nitrogens with zero attached hydrogens (tertiary/aromatic N) is 1. The summed E-state index contributed by atoms with van der Waals surface area (Å²) >= 11 is 0. The molecule has 2 aliphatic rings. The summed E-state index contributed by atoms with van der Waals surface area (Å²) in [5.41, 5.74) is 2.84. The normalized spacial score (nSPS) is 23.8. The van der Waals surface area contributed by atoms with Crippen molar-refractivity contribution >= 4 is 17.5 Å². The van der Waals surface area contributed by atoms with E-state index in [4.69, 9.17) is 14.5 Å². The first-order chi connectivity index (χ1) is 13.3. The van der Waals surface area contributed by atoms with Gasteiger partial charge in [-0.25, -0.2) is 0 Å². The molecule has 150 valence electrons. The van der Waals surface area contributed by atoms with Crippen LogP contribution < -0.4 is 4.74 Å². The number of para-hydroxylation sites is 1. The summed E-state index contributed by atoms with van der Waals surface area (Å²) in [5, 5.41) is 0. The molecule has 0 fully saturated rings. The van der Waals surface area contributed by atoms with Crippen molar-refractivity contribution < 1.29 is 19.1 Å². The number of ether oxygens (including phenoxy) is 2. The number of carbonyl (C=O) groups is 2. The van der Waals surface area contributed by atoms with Crippen LogP contribution in [0.2, 0.25) is 0 Å². The zero-order chi connectivity index (χ0) is 20.5. The van der Waals surface area contributed by atoms with Crippen molar-refractivity contribution in [3.63, 3.8) is 0 Å². The van der Waals surface area contributed by atoms with Gasteiger partial charge >= 0.3 is 5.97 Å². The zero-order valence-corrected chi connectivity index (χ0v) is 17.4. The van der Waals surface area contributed by atoms with Gasteiger partial charge in [-0.3, -0.25) is 14.6 Å². The smallest absolute Gasteiger partial charge is 0.315 e. The van der Waals surface area contributed by atoms with Gasteiger partial charge in [-0.05, 0) is 31.2 Å². The van der Waals surface area contributed by atoms with Gasteiger partial charge in [-0.15, -0.1) is 0 Å². The van der Waals surface area contributed by atoms with Gasteiger partial charge in [0.2, 0.25) is 0 Å². The first-order valence-corrected chi connectivity index (χ1v) is 9.90. The second-order valence-corrected chi connectivity index (χ2v) is 8.42. The molecule has 1 unspecified atom stereocenters. The van der Waals surface area contributed by atoms with Crippen LogP contribution in [0.4, 0.5) is 0 Å². The minimum absolute atomic E-state index is 0.0618. The molecule has 0 N–H and O–H groups in total. The molecule has 28 heavy (non-hydrogen) atoms. The van der Waals surface area contributed by atoms with Crippen LogP contribution >= 0.6 is 0 Å². The molecule has 3 rings (SSSR count). The molecule has 1 aromatic carbocycles. The van der Waals surface area contributed by atoms with Crippen molar-refractivity contribution in [1.82, 2.24) is 0 Å². The lowest BCUT2D eigenvalue weighted by molar-refractivity contribution is -0.146. The summed E-state index contributed by atoms with van der Waals surface area (Å²) in [6.45, 7) is 8.34. The molecular formula is C23H29NO4. The Morgan fingerprint density at radius 1 is 1.25 bits per heavy atom. The van der Waals surface area contributed by atoms with Gasteiger partial charge in [0.1, 0.15) is 11.7 Å². The van der Waals surface area contributed by atoms with Crippen molar-refractivity contribution in [3.8, 4) is 5.75 Å². The fourth-order valence-corrected chi connectivity index (χ4v) is 4.30. The predicted molar refractivity (Wildman–Crippen MR) is 109 cm³/mol. The highest BCUT2D eigenvalue weighted by atomic mass is 16.5. The number of ketones is 1. The number of aliphatic imine (C=N–C) groups is 1. The molecule has 2 atom stereocenters. The summed E-state index contributed by atoms with van der Waals surface area (Å²) in [7, 11) is 1.61. The number of hydrogen-bond acceptors (Lipinski definition) is 5. The van der Waals surface area contributed by atoms with Crippen molar-refractivity contribution in [2.24, 2.45) is 16.3 Å². The van der Waals surface area contributed by atoms with Gasteiger partial charge in [-0.2, -0.15) is 0 Å². The van der Waals surface area contributed by atoms with Gasteiger partial charge in [0, 0.05) is 34.9 Å². The monoisotopic (exact) mass is 383 g/mol. The number of allylic oxidation sites excluding steroid dienone is 2. The third-order valence-corrected chi connectivity index (χ3v) is 5.48.